The highest BCUT2D eigenvalue weighted by atomic mass is 35.5. The van der Waals surface area contributed by atoms with Crippen LogP contribution >= 0.6 is 34.8 Å². The fraction of sp³-hybridized carbons (Fsp3) is 0.275. The fourth-order valence-corrected chi connectivity index (χ4v) is 9.53. The number of nitrogens with one attached hydrogen (secondary N) is 1. The lowest BCUT2D eigenvalue weighted by Gasteiger charge is -2.50. The maximum atomic E-state index is 15.3. The van der Waals surface area contributed by atoms with Gasteiger partial charge in [-0.25, -0.2) is 9.88 Å². The molecule has 1 aromatic heterocycles. The number of phenolic OH excluding ortho intramolecular Hbond substituents is 1. The lowest BCUT2D eigenvalue weighted by atomic mass is 9.49. The summed E-state index contributed by atoms with van der Waals surface area (Å²) in [7, 11) is 0. The Balaban J connectivity index is 1.31. The van der Waals surface area contributed by atoms with Gasteiger partial charge in [-0.1, -0.05) is 82.9 Å². The Morgan fingerprint density at radius 2 is 1.60 bits per heavy atom. The van der Waals surface area contributed by atoms with Crippen LogP contribution in [0.2, 0.25) is 15.1 Å². The molecule has 3 aromatic carbocycles. The number of hydrogen-bond acceptors (Lipinski definition) is 7. The maximum Gasteiger partial charge on any atom is 0.417 e. The van der Waals surface area contributed by atoms with Crippen LogP contribution in [0, 0.1) is 37.5 Å². The summed E-state index contributed by atoms with van der Waals surface area (Å²) in [4.78, 5) is 63.7. The number of benzene rings is 3. The molecule has 4 amide bonds. The first-order chi connectivity index (χ1) is 26.0. The van der Waals surface area contributed by atoms with E-state index in [0.29, 0.717) is 55.3 Å². The number of alkyl halides is 3. The van der Waals surface area contributed by atoms with Crippen LogP contribution in [-0.2, 0) is 30.8 Å². The number of carbonyl (C=O) groups is 4. The zero-order chi connectivity index (χ0) is 39.3. The minimum absolute atomic E-state index is 0.0723. The molecule has 9 nitrogen and oxygen atoms in total. The zero-order valence-electron chi connectivity index (χ0n) is 29.0. The largest absolute Gasteiger partial charge is 0.507 e. The van der Waals surface area contributed by atoms with E-state index in [-0.39, 0.29) is 24.4 Å². The Morgan fingerprint density at radius 3 is 2.27 bits per heavy atom. The number of fused-ring (bicyclic) bond motifs is 4. The predicted molar refractivity (Wildman–Crippen MR) is 198 cm³/mol. The second-order valence-corrected chi connectivity index (χ2v) is 15.6. The molecule has 2 N–H and O–H groups in total. The summed E-state index contributed by atoms with van der Waals surface area (Å²) in [5.41, 5.74) is 2.50. The Labute approximate surface area is 327 Å². The van der Waals surface area contributed by atoms with Crippen molar-refractivity contribution in [3.63, 3.8) is 0 Å². The molecule has 0 radical (unpaired) electrons. The summed E-state index contributed by atoms with van der Waals surface area (Å²) in [6.07, 6.45) is -2.32. The van der Waals surface area contributed by atoms with Crippen LogP contribution in [0.4, 0.5) is 24.7 Å². The number of carbonyl (C=O) groups excluding carboxylic acids is 4. The van der Waals surface area contributed by atoms with Gasteiger partial charge in [-0.3, -0.25) is 24.6 Å². The van der Waals surface area contributed by atoms with E-state index < -0.39 is 75.4 Å². The quantitative estimate of drug-likeness (QED) is 0.153. The molecule has 6 unspecified atom stereocenters. The van der Waals surface area contributed by atoms with Gasteiger partial charge in [0.15, 0.2) is 5.82 Å². The molecule has 8 rings (SSSR count). The SMILES string of the molecule is Cc1ccc(N2C(=O)C3CC=C4C(CC5C(=O)N(Nc6ncc(C(F)(F)F)cc6Cl)C(=O)C5(c5ccc(Cl)cc5)C4c4cccc(C)c4O)C3C2=O)cc1Cl. The number of halogens is 6. The van der Waals surface area contributed by atoms with Gasteiger partial charge in [0.2, 0.25) is 11.8 Å². The molecule has 4 aromatic rings. The van der Waals surface area contributed by atoms with Crippen LogP contribution in [0.25, 0.3) is 0 Å². The molecule has 2 aliphatic carbocycles. The van der Waals surface area contributed by atoms with Crippen LogP contribution in [0.15, 0.2) is 84.6 Å². The van der Waals surface area contributed by atoms with E-state index in [1.54, 1.807) is 74.5 Å². The van der Waals surface area contributed by atoms with Gasteiger partial charge >= 0.3 is 6.18 Å². The molecule has 3 fully saturated rings. The second-order valence-electron chi connectivity index (χ2n) is 14.4. The highest BCUT2D eigenvalue weighted by Gasteiger charge is 2.70. The summed E-state index contributed by atoms with van der Waals surface area (Å²) in [5, 5.41) is 12.7. The first-order valence-corrected chi connectivity index (χ1v) is 18.4. The molecule has 0 bridgehead atoms. The van der Waals surface area contributed by atoms with E-state index in [4.69, 9.17) is 34.8 Å². The molecule has 0 spiro atoms. The van der Waals surface area contributed by atoms with Crippen molar-refractivity contribution in [2.45, 2.75) is 44.2 Å². The van der Waals surface area contributed by atoms with Crippen LogP contribution in [0.1, 0.15) is 46.6 Å². The number of hydrogen-bond donors (Lipinski definition) is 2. The second kappa shape index (κ2) is 13.1. The number of phenols is 1. The third kappa shape index (κ3) is 5.55. The van der Waals surface area contributed by atoms with Crippen molar-refractivity contribution in [1.29, 1.82) is 0 Å². The number of aromatic nitrogens is 1. The van der Waals surface area contributed by atoms with Gasteiger partial charge < -0.3 is 5.11 Å². The number of imide groups is 2. The standard InChI is InChI=1S/C40H30Cl3F3N4O5/c1-18-6-11-23(15-29(18)42)49-35(52)25-13-12-24-27(31(25)37(49)54)16-28-36(53)50(48-34-30(43)14-21(17-47-34)40(44,45)46)38(55)39(28,20-7-9-22(41)10-8-20)32(24)26-5-3-4-19(2)33(26)51/h3-12,14-15,17,25,27-28,31-32,51H,13,16H2,1-2H3,(H,47,48). The molecule has 282 valence electrons. The van der Waals surface area contributed by atoms with Gasteiger partial charge in [0.25, 0.3) is 11.8 Å². The highest BCUT2D eigenvalue weighted by molar-refractivity contribution is 6.33. The number of pyridine rings is 1. The smallest absolute Gasteiger partial charge is 0.417 e. The van der Waals surface area contributed by atoms with Gasteiger partial charge in [0, 0.05) is 27.7 Å². The average Bonchev–Trinajstić information content (AvgIpc) is 3.52. The minimum atomic E-state index is -4.76. The summed E-state index contributed by atoms with van der Waals surface area (Å²) >= 11 is 19.0. The van der Waals surface area contributed by atoms with Gasteiger partial charge in [-0.15, -0.1) is 0 Å². The minimum Gasteiger partial charge on any atom is -0.507 e. The highest BCUT2D eigenvalue weighted by Crippen LogP contribution is 2.65. The Morgan fingerprint density at radius 1 is 0.873 bits per heavy atom. The van der Waals surface area contributed by atoms with Crippen LogP contribution in [-0.4, -0.2) is 38.7 Å². The van der Waals surface area contributed by atoms with Crippen molar-refractivity contribution in [2.75, 3.05) is 10.3 Å². The summed E-state index contributed by atoms with van der Waals surface area (Å²) in [5.74, 6) is -7.73. The van der Waals surface area contributed by atoms with Crippen molar-refractivity contribution >= 4 is 69.9 Å². The first kappa shape index (κ1) is 37.0. The zero-order valence-corrected chi connectivity index (χ0v) is 31.3. The topological polar surface area (TPSA) is 120 Å². The number of para-hydroxylation sites is 1. The summed E-state index contributed by atoms with van der Waals surface area (Å²) in [6.45, 7) is 3.49. The predicted octanol–water partition coefficient (Wildman–Crippen LogP) is 8.57. The summed E-state index contributed by atoms with van der Waals surface area (Å²) in [6, 6.07) is 17.0. The number of rotatable bonds is 5. The molecule has 2 saturated heterocycles. The Hall–Kier alpha value is -4.91. The van der Waals surface area contributed by atoms with Crippen molar-refractivity contribution in [3.05, 3.63) is 127 Å². The molecule has 3 heterocycles. The van der Waals surface area contributed by atoms with E-state index >= 15 is 4.79 Å². The van der Waals surface area contributed by atoms with Gasteiger partial charge in [-0.05, 0) is 79.6 Å². The lowest BCUT2D eigenvalue weighted by Crippen LogP contribution is -2.53. The van der Waals surface area contributed by atoms with Crippen molar-refractivity contribution in [2.24, 2.45) is 23.7 Å². The molecular weight excluding hydrogens is 780 g/mol. The monoisotopic (exact) mass is 808 g/mol. The maximum absolute atomic E-state index is 15.3. The third-order valence-electron chi connectivity index (χ3n) is 11.6. The van der Waals surface area contributed by atoms with Crippen LogP contribution in [0.3, 0.4) is 0 Å². The van der Waals surface area contributed by atoms with E-state index in [1.165, 1.54) is 0 Å². The molecule has 2 aliphatic heterocycles. The molecule has 55 heavy (non-hydrogen) atoms. The van der Waals surface area contributed by atoms with E-state index in [1.807, 2.05) is 6.08 Å². The number of aryl methyl sites for hydroxylation is 2. The molecule has 4 aliphatic rings. The van der Waals surface area contributed by atoms with E-state index in [2.05, 4.69) is 10.4 Å². The Bertz CT molecular complexity index is 2370. The van der Waals surface area contributed by atoms with E-state index in [9.17, 15) is 32.7 Å². The number of anilines is 2. The number of amides is 4. The lowest BCUT2D eigenvalue weighted by molar-refractivity contribution is -0.139. The average molecular weight is 810 g/mol. The molecular formula is C40H30Cl3F3N4O5. The normalized spacial score (nSPS) is 26.2. The third-order valence-corrected chi connectivity index (χ3v) is 12.5. The van der Waals surface area contributed by atoms with E-state index in [0.717, 1.165) is 10.5 Å². The van der Waals surface area contributed by atoms with Gasteiger partial charge in [0.05, 0.1) is 39.4 Å². The van der Waals surface area contributed by atoms with Crippen molar-refractivity contribution < 1.29 is 37.5 Å². The first-order valence-electron chi connectivity index (χ1n) is 17.3. The molecule has 6 atom stereocenters. The molecule has 15 heteroatoms. The fourth-order valence-electron chi connectivity index (χ4n) is 9.02. The summed E-state index contributed by atoms with van der Waals surface area (Å²) < 4.78 is 40.4. The number of nitrogens with zero attached hydrogens (tertiary/aromatic N) is 3. The molecule has 1 saturated carbocycles. The van der Waals surface area contributed by atoms with Crippen LogP contribution < -0.4 is 10.3 Å². The van der Waals surface area contributed by atoms with Gasteiger partial charge in [-0.2, -0.15) is 18.2 Å². The van der Waals surface area contributed by atoms with Crippen molar-refractivity contribution in [3.8, 4) is 5.75 Å². The Kier molecular flexibility index (Phi) is 8.82. The number of allylic oxidation sites excluding steroid dienone is 2. The number of hydrazine groups is 1. The van der Waals surface area contributed by atoms with Crippen LogP contribution in [0.5, 0.6) is 5.75 Å². The van der Waals surface area contributed by atoms with Crippen molar-refractivity contribution in [1.82, 2.24) is 9.99 Å². The van der Waals surface area contributed by atoms with Gasteiger partial charge in [0.1, 0.15) is 5.75 Å². The number of aromatic hydroxyl groups is 1.